The summed E-state index contributed by atoms with van der Waals surface area (Å²) in [5.41, 5.74) is 0.414. The van der Waals surface area contributed by atoms with E-state index in [0.29, 0.717) is 12.3 Å². The Morgan fingerprint density at radius 1 is 1.56 bits per heavy atom. The van der Waals surface area contributed by atoms with Crippen LogP contribution < -0.4 is 0 Å². The summed E-state index contributed by atoms with van der Waals surface area (Å²) in [5.74, 6) is -0.0524. The van der Waals surface area contributed by atoms with E-state index in [1.54, 1.807) is 6.92 Å². The fourth-order valence-corrected chi connectivity index (χ4v) is 0.226. The maximum atomic E-state index is 10.4. The Bertz CT molecular complexity index is 129. The van der Waals surface area contributed by atoms with Crippen molar-refractivity contribution in [2.24, 2.45) is 5.16 Å². The normalized spacial score (nSPS) is 11.2. The van der Waals surface area contributed by atoms with Crippen molar-refractivity contribution >= 4 is 11.5 Å². The van der Waals surface area contributed by atoms with Gasteiger partial charge in [0.1, 0.15) is 12.3 Å². The molecule has 0 aliphatic rings. The molecule has 0 aromatic heterocycles. The number of nitrogens with zero attached hydrogens (tertiary/aromatic N) is 1. The zero-order chi connectivity index (χ0) is 7.28. The van der Waals surface area contributed by atoms with Crippen LogP contribution in [0.4, 0.5) is 0 Å². The quantitative estimate of drug-likeness (QED) is 0.421. The number of carbonyl (C=O) groups excluding carboxylic acids is 1. The summed E-state index contributed by atoms with van der Waals surface area (Å²) >= 11 is 0. The average molecular weight is 129 g/mol. The molecule has 3 nitrogen and oxygen atoms in total. The molecule has 0 amide bonds. The predicted molar refractivity (Wildman–Crippen MR) is 35.4 cm³/mol. The lowest BCUT2D eigenvalue weighted by molar-refractivity contribution is -0.111. The second-order valence-corrected chi connectivity index (χ2v) is 1.65. The molecule has 52 valence electrons. The number of carbonyl (C=O) groups is 1. The number of rotatable bonds is 3. The average Bonchev–Trinajstić information content (AvgIpc) is 1.82. The third-order valence-electron chi connectivity index (χ3n) is 0.840. The highest BCUT2D eigenvalue weighted by Crippen LogP contribution is 1.81. The topological polar surface area (TPSA) is 38.7 Å². The second kappa shape index (κ2) is 4.06. The lowest BCUT2D eigenvalue weighted by Crippen LogP contribution is -2.04. The van der Waals surface area contributed by atoms with Crippen LogP contribution in [0.25, 0.3) is 0 Å². The Morgan fingerprint density at radius 3 is 2.44 bits per heavy atom. The molecule has 0 saturated heterocycles. The fraction of sp³-hybridized carbons (Fsp3) is 0.667. The highest BCUT2D eigenvalue weighted by Gasteiger charge is 1.95. The molecule has 0 aromatic rings. The van der Waals surface area contributed by atoms with Crippen molar-refractivity contribution in [1.29, 1.82) is 0 Å². The molecule has 0 aliphatic heterocycles. The molecule has 0 rings (SSSR count). The van der Waals surface area contributed by atoms with Crippen LogP contribution in [0.15, 0.2) is 5.16 Å². The molecule has 0 fully saturated rings. The molecule has 3 heteroatoms. The SMILES string of the molecule is CCO/N=C(/C)C(C)=O. The molecule has 0 unspecified atom stereocenters. The molecule has 0 spiro atoms. The van der Waals surface area contributed by atoms with Crippen LogP contribution in [0, 0.1) is 0 Å². The van der Waals surface area contributed by atoms with Crippen molar-refractivity contribution < 1.29 is 9.63 Å². The molecule has 0 heterocycles. The molecule has 0 aliphatic carbocycles. The first-order valence-electron chi connectivity index (χ1n) is 2.86. The zero-order valence-electron chi connectivity index (χ0n) is 5.97. The van der Waals surface area contributed by atoms with E-state index in [1.165, 1.54) is 6.92 Å². The van der Waals surface area contributed by atoms with Crippen LogP contribution in [0.2, 0.25) is 0 Å². The number of oxime groups is 1. The largest absolute Gasteiger partial charge is 0.396 e. The Morgan fingerprint density at radius 2 is 2.11 bits per heavy atom. The summed E-state index contributed by atoms with van der Waals surface area (Å²) in [5, 5.41) is 3.51. The third-order valence-corrected chi connectivity index (χ3v) is 0.840. The van der Waals surface area contributed by atoms with Crippen LogP contribution in [0.3, 0.4) is 0 Å². The minimum atomic E-state index is -0.0524. The summed E-state index contributed by atoms with van der Waals surface area (Å²) in [6.45, 7) is 5.40. The molecule has 0 atom stereocenters. The number of hydrogen-bond donors (Lipinski definition) is 0. The van der Waals surface area contributed by atoms with E-state index in [9.17, 15) is 4.79 Å². The van der Waals surface area contributed by atoms with Crippen molar-refractivity contribution in [3.63, 3.8) is 0 Å². The molecule has 9 heavy (non-hydrogen) atoms. The van der Waals surface area contributed by atoms with Gasteiger partial charge in [-0.2, -0.15) is 0 Å². The van der Waals surface area contributed by atoms with E-state index in [-0.39, 0.29) is 5.78 Å². The monoisotopic (exact) mass is 129 g/mol. The molecular weight excluding hydrogens is 118 g/mol. The Hall–Kier alpha value is -0.860. The van der Waals surface area contributed by atoms with Gasteiger partial charge in [-0.3, -0.25) is 4.79 Å². The zero-order valence-corrected chi connectivity index (χ0v) is 5.97. The van der Waals surface area contributed by atoms with Crippen LogP contribution >= 0.6 is 0 Å². The minimum absolute atomic E-state index is 0.0524. The van der Waals surface area contributed by atoms with Crippen molar-refractivity contribution in [1.82, 2.24) is 0 Å². The first-order valence-corrected chi connectivity index (χ1v) is 2.86. The standard InChI is InChI=1S/C6H11NO2/c1-4-9-7-5(2)6(3)8/h4H2,1-3H3/b7-5-. The van der Waals surface area contributed by atoms with E-state index >= 15 is 0 Å². The van der Waals surface area contributed by atoms with Gasteiger partial charge in [0.15, 0.2) is 5.78 Å². The molecule has 0 bridgehead atoms. The van der Waals surface area contributed by atoms with Crippen molar-refractivity contribution in [3.8, 4) is 0 Å². The number of Topliss-reactive ketones (excluding diaryl/α,β-unsaturated/α-hetero) is 1. The first kappa shape index (κ1) is 8.14. The number of ketones is 1. The van der Waals surface area contributed by atoms with Gasteiger partial charge in [0, 0.05) is 6.92 Å². The van der Waals surface area contributed by atoms with Gasteiger partial charge in [-0.15, -0.1) is 0 Å². The van der Waals surface area contributed by atoms with Gasteiger partial charge in [0.2, 0.25) is 0 Å². The summed E-state index contributed by atoms with van der Waals surface area (Å²) in [7, 11) is 0. The highest BCUT2D eigenvalue weighted by molar-refractivity contribution is 6.37. The van der Waals surface area contributed by atoms with Crippen LogP contribution in [0.5, 0.6) is 0 Å². The highest BCUT2D eigenvalue weighted by atomic mass is 16.6. The maximum Gasteiger partial charge on any atom is 0.177 e. The van der Waals surface area contributed by atoms with Crippen molar-refractivity contribution in [3.05, 3.63) is 0 Å². The smallest absolute Gasteiger partial charge is 0.177 e. The molecular formula is C6H11NO2. The van der Waals surface area contributed by atoms with Gasteiger partial charge < -0.3 is 4.84 Å². The molecule has 0 radical (unpaired) electrons. The van der Waals surface area contributed by atoms with Crippen LogP contribution in [-0.4, -0.2) is 18.1 Å². The van der Waals surface area contributed by atoms with Crippen molar-refractivity contribution in [2.75, 3.05) is 6.61 Å². The van der Waals surface area contributed by atoms with Gasteiger partial charge in [-0.05, 0) is 13.8 Å². The lowest BCUT2D eigenvalue weighted by Gasteiger charge is -1.92. The predicted octanol–water partition coefficient (Wildman–Crippen LogP) is 0.988. The Kier molecular flexibility index (Phi) is 3.67. The Labute approximate surface area is 54.7 Å². The first-order chi connectivity index (χ1) is 4.18. The van der Waals surface area contributed by atoms with E-state index in [4.69, 9.17) is 0 Å². The molecule has 0 aromatic carbocycles. The van der Waals surface area contributed by atoms with Gasteiger partial charge in [0.05, 0.1) is 0 Å². The number of hydrogen-bond acceptors (Lipinski definition) is 3. The fourth-order valence-electron chi connectivity index (χ4n) is 0.226. The van der Waals surface area contributed by atoms with E-state index < -0.39 is 0 Å². The maximum absolute atomic E-state index is 10.4. The van der Waals surface area contributed by atoms with E-state index in [2.05, 4.69) is 9.99 Å². The van der Waals surface area contributed by atoms with Gasteiger partial charge in [-0.1, -0.05) is 5.16 Å². The second-order valence-electron chi connectivity index (χ2n) is 1.65. The van der Waals surface area contributed by atoms with Gasteiger partial charge in [0.25, 0.3) is 0 Å². The van der Waals surface area contributed by atoms with Crippen LogP contribution in [0.1, 0.15) is 20.8 Å². The Balaban J connectivity index is 3.69. The summed E-state index contributed by atoms with van der Waals surface area (Å²) in [6.07, 6.45) is 0. The van der Waals surface area contributed by atoms with Crippen LogP contribution in [-0.2, 0) is 9.63 Å². The summed E-state index contributed by atoms with van der Waals surface area (Å²) < 4.78 is 0. The van der Waals surface area contributed by atoms with E-state index in [0.717, 1.165) is 0 Å². The molecule has 0 N–H and O–H groups in total. The lowest BCUT2D eigenvalue weighted by atomic mass is 10.3. The van der Waals surface area contributed by atoms with E-state index in [1.807, 2.05) is 6.92 Å². The third kappa shape index (κ3) is 3.70. The summed E-state index contributed by atoms with van der Waals surface area (Å²) in [4.78, 5) is 15.1. The molecule has 0 saturated carbocycles. The summed E-state index contributed by atoms with van der Waals surface area (Å²) in [6, 6.07) is 0. The van der Waals surface area contributed by atoms with Crippen molar-refractivity contribution in [2.45, 2.75) is 20.8 Å². The minimum Gasteiger partial charge on any atom is -0.396 e. The van der Waals surface area contributed by atoms with Gasteiger partial charge in [-0.25, -0.2) is 0 Å². The van der Waals surface area contributed by atoms with Gasteiger partial charge >= 0.3 is 0 Å².